The summed E-state index contributed by atoms with van der Waals surface area (Å²) >= 11 is 0. The third-order valence-corrected chi connectivity index (χ3v) is 4.21. The molecule has 0 aliphatic rings. The number of hydrogen-bond donors (Lipinski definition) is 3. The van der Waals surface area contributed by atoms with Crippen LogP contribution in [0.15, 0.2) is 79.1 Å². The molecule has 2 amide bonds. The zero-order chi connectivity index (χ0) is 17.8. The maximum absolute atomic E-state index is 12.0. The van der Waals surface area contributed by atoms with Crippen molar-refractivity contribution in [1.82, 2.24) is 15.3 Å². The highest BCUT2D eigenvalue weighted by molar-refractivity contribution is 5.94. The van der Waals surface area contributed by atoms with Crippen molar-refractivity contribution in [3.63, 3.8) is 0 Å². The highest BCUT2D eigenvalue weighted by Gasteiger charge is 2.06. The molecule has 0 saturated heterocycles. The molecule has 4 rings (SSSR count). The van der Waals surface area contributed by atoms with Gasteiger partial charge in [0.05, 0.1) is 0 Å². The van der Waals surface area contributed by atoms with Crippen LogP contribution >= 0.6 is 0 Å². The smallest absolute Gasteiger partial charge is 0.319 e. The van der Waals surface area contributed by atoms with E-state index in [0.29, 0.717) is 6.54 Å². The number of fused-ring (bicyclic) bond motifs is 1. The molecule has 0 atom stereocenters. The molecule has 0 unspecified atom stereocenters. The molecule has 0 spiro atoms. The Bertz CT molecular complexity index is 1020. The largest absolute Gasteiger partial charge is 0.346 e. The molecule has 5 nitrogen and oxygen atoms in total. The van der Waals surface area contributed by atoms with Gasteiger partial charge in [0, 0.05) is 30.0 Å². The summed E-state index contributed by atoms with van der Waals surface area (Å²) in [5.74, 6) is 0. The Hall–Kier alpha value is -3.60. The van der Waals surface area contributed by atoms with Crippen LogP contribution in [0.1, 0.15) is 5.56 Å². The quantitative estimate of drug-likeness (QED) is 0.509. The second-order valence-corrected chi connectivity index (χ2v) is 5.97. The predicted molar refractivity (Wildman–Crippen MR) is 104 cm³/mol. The summed E-state index contributed by atoms with van der Waals surface area (Å²) in [4.78, 5) is 19.5. The van der Waals surface area contributed by atoms with Crippen LogP contribution in [-0.4, -0.2) is 16.0 Å². The summed E-state index contributed by atoms with van der Waals surface area (Å²) in [5, 5.41) is 6.78. The zero-order valence-electron chi connectivity index (χ0n) is 14.1. The average Bonchev–Trinajstić information content (AvgIpc) is 3.17. The number of benzene rings is 2. The van der Waals surface area contributed by atoms with Gasteiger partial charge in [-0.2, -0.15) is 0 Å². The third kappa shape index (κ3) is 3.42. The van der Waals surface area contributed by atoms with Crippen molar-refractivity contribution < 1.29 is 4.79 Å². The highest BCUT2D eigenvalue weighted by Crippen LogP contribution is 2.27. The molecule has 26 heavy (non-hydrogen) atoms. The number of carbonyl (C=O) groups is 1. The Labute approximate surface area is 151 Å². The number of hydrogen-bond acceptors (Lipinski definition) is 2. The van der Waals surface area contributed by atoms with E-state index >= 15 is 0 Å². The van der Waals surface area contributed by atoms with Gasteiger partial charge in [-0.15, -0.1) is 0 Å². The fourth-order valence-electron chi connectivity index (χ4n) is 2.90. The maximum Gasteiger partial charge on any atom is 0.319 e. The van der Waals surface area contributed by atoms with Gasteiger partial charge in [-0.3, -0.25) is 0 Å². The van der Waals surface area contributed by atoms with Gasteiger partial charge in [0.15, 0.2) is 0 Å². The SMILES string of the molecule is O=C(NCc1ccccc1)Nc1ccc(-c2ccnc3[nH]ccc23)cc1. The summed E-state index contributed by atoms with van der Waals surface area (Å²) < 4.78 is 0. The van der Waals surface area contributed by atoms with Crippen LogP contribution in [0, 0.1) is 0 Å². The van der Waals surface area contributed by atoms with E-state index in [9.17, 15) is 4.79 Å². The maximum atomic E-state index is 12.0. The molecule has 0 aliphatic carbocycles. The number of H-pyrrole nitrogens is 1. The summed E-state index contributed by atoms with van der Waals surface area (Å²) in [7, 11) is 0. The van der Waals surface area contributed by atoms with Crippen molar-refractivity contribution in [3.05, 3.63) is 84.7 Å². The molecule has 2 aromatic heterocycles. The number of nitrogens with one attached hydrogen (secondary N) is 3. The van der Waals surface area contributed by atoms with Gasteiger partial charge in [-0.25, -0.2) is 9.78 Å². The molecule has 4 aromatic rings. The van der Waals surface area contributed by atoms with Crippen molar-refractivity contribution in [1.29, 1.82) is 0 Å². The Balaban J connectivity index is 1.43. The van der Waals surface area contributed by atoms with Crippen LogP contribution in [0.25, 0.3) is 22.2 Å². The molecule has 2 aromatic carbocycles. The second-order valence-electron chi connectivity index (χ2n) is 5.97. The first kappa shape index (κ1) is 15.9. The number of pyridine rings is 1. The normalized spacial score (nSPS) is 10.6. The van der Waals surface area contributed by atoms with Crippen molar-refractivity contribution in [3.8, 4) is 11.1 Å². The monoisotopic (exact) mass is 342 g/mol. The standard InChI is InChI=1S/C21H18N4O/c26-21(24-14-15-4-2-1-3-5-15)25-17-8-6-16(7-9-17)18-10-12-22-20-19(18)11-13-23-20/h1-13H,14H2,(H,22,23)(H2,24,25,26). The summed E-state index contributed by atoms with van der Waals surface area (Å²) in [6.07, 6.45) is 3.67. The molecule has 0 fully saturated rings. The lowest BCUT2D eigenvalue weighted by molar-refractivity contribution is 0.251. The van der Waals surface area contributed by atoms with E-state index in [0.717, 1.165) is 33.4 Å². The lowest BCUT2D eigenvalue weighted by Crippen LogP contribution is -2.28. The Morgan fingerprint density at radius 1 is 0.962 bits per heavy atom. The van der Waals surface area contributed by atoms with E-state index in [2.05, 4.69) is 20.6 Å². The lowest BCUT2D eigenvalue weighted by atomic mass is 10.0. The van der Waals surface area contributed by atoms with Gasteiger partial charge < -0.3 is 15.6 Å². The van der Waals surface area contributed by atoms with Crippen LogP contribution in [0.3, 0.4) is 0 Å². The first-order valence-corrected chi connectivity index (χ1v) is 8.41. The number of amides is 2. The van der Waals surface area contributed by atoms with E-state index in [1.165, 1.54) is 0 Å². The number of nitrogens with zero attached hydrogens (tertiary/aromatic N) is 1. The third-order valence-electron chi connectivity index (χ3n) is 4.21. The average molecular weight is 342 g/mol. The fourth-order valence-corrected chi connectivity index (χ4v) is 2.90. The Morgan fingerprint density at radius 2 is 1.77 bits per heavy atom. The summed E-state index contributed by atoms with van der Waals surface area (Å²) in [6.45, 7) is 0.493. The predicted octanol–water partition coefficient (Wildman–Crippen LogP) is 4.55. The lowest BCUT2D eigenvalue weighted by Gasteiger charge is -2.09. The molecule has 0 bridgehead atoms. The second kappa shape index (κ2) is 7.11. The van der Waals surface area contributed by atoms with E-state index in [-0.39, 0.29) is 6.03 Å². The van der Waals surface area contributed by atoms with E-state index < -0.39 is 0 Å². The zero-order valence-corrected chi connectivity index (χ0v) is 14.1. The van der Waals surface area contributed by atoms with Crippen molar-refractivity contribution in [2.75, 3.05) is 5.32 Å². The minimum absolute atomic E-state index is 0.224. The van der Waals surface area contributed by atoms with Gasteiger partial charge in [-0.05, 0) is 41.0 Å². The number of anilines is 1. The number of carbonyl (C=O) groups excluding carboxylic acids is 1. The number of urea groups is 1. The number of rotatable bonds is 4. The first-order chi connectivity index (χ1) is 12.8. The Morgan fingerprint density at radius 3 is 2.58 bits per heavy atom. The minimum Gasteiger partial charge on any atom is -0.346 e. The number of aromatic amines is 1. The van der Waals surface area contributed by atoms with Crippen molar-refractivity contribution in [2.45, 2.75) is 6.54 Å². The molecular formula is C21H18N4O. The van der Waals surface area contributed by atoms with E-state index in [4.69, 9.17) is 0 Å². The molecule has 0 aliphatic heterocycles. The van der Waals surface area contributed by atoms with Crippen LogP contribution < -0.4 is 10.6 Å². The van der Waals surface area contributed by atoms with Crippen LogP contribution in [0.5, 0.6) is 0 Å². The van der Waals surface area contributed by atoms with Gasteiger partial charge >= 0.3 is 6.03 Å². The summed E-state index contributed by atoms with van der Waals surface area (Å²) in [6, 6.07) is 21.4. The highest BCUT2D eigenvalue weighted by atomic mass is 16.2. The van der Waals surface area contributed by atoms with Gasteiger partial charge in [-0.1, -0.05) is 42.5 Å². The van der Waals surface area contributed by atoms with Crippen LogP contribution in [0.2, 0.25) is 0 Å². The van der Waals surface area contributed by atoms with Crippen LogP contribution in [-0.2, 0) is 6.54 Å². The summed E-state index contributed by atoms with van der Waals surface area (Å²) in [5.41, 5.74) is 4.86. The molecule has 2 heterocycles. The first-order valence-electron chi connectivity index (χ1n) is 8.41. The molecule has 5 heteroatoms. The van der Waals surface area contributed by atoms with E-state index in [1.54, 1.807) is 6.20 Å². The molecule has 128 valence electrons. The molecule has 0 saturated carbocycles. The molecule has 0 radical (unpaired) electrons. The molecule has 3 N–H and O–H groups in total. The van der Waals surface area contributed by atoms with Gasteiger partial charge in [0.1, 0.15) is 5.65 Å². The Kier molecular flexibility index (Phi) is 4.35. The number of aromatic nitrogens is 2. The van der Waals surface area contributed by atoms with Gasteiger partial charge in [0.25, 0.3) is 0 Å². The topological polar surface area (TPSA) is 69.8 Å². The van der Waals surface area contributed by atoms with Crippen LogP contribution in [0.4, 0.5) is 10.5 Å². The van der Waals surface area contributed by atoms with Crippen molar-refractivity contribution >= 4 is 22.8 Å². The van der Waals surface area contributed by atoms with Crippen molar-refractivity contribution in [2.24, 2.45) is 0 Å². The van der Waals surface area contributed by atoms with Gasteiger partial charge in [0.2, 0.25) is 0 Å². The molecular weight excluding hydrogens is 324 g/mol. The fraction of sp³-hybridized carbons (Fsp3) is 0.0476. The van der Waals surface area contributed by atoms with E-state index in [1.807, 2.05) is 72.9 Å². The minimum atomic E-state index is -0.224.